The fourth-order valence-electron chi connectivity index (χ4n) is 4.06. The average molecular weight is 448 g/mol. The maximum Gasteiger partial charge on any atom is 0.247 e. The third-order valence-corrected chi connectivity index (χ3v) is 5.79. The summed E-state index contributed by atoms with van der Waals surface area (Å²) < 4.78 is 26.8. The van der Waals surface area contributed by atoms with Crippen molar-refractivity contribution < 1.29 is 13.9 Å². The number of halogens is 1. The molecule has 1 aliphatic rings. The van der Waals surface area contributed by atoms with Crippen molar-refractivity contribution in [3.8, 4) is 22.8 Å². The van der Waals surface area contributed by atoms with E-state index in [9.17, 15) is 4.39 Å². The number of likely N-dealkylation sites (tertiary alicyclic amines) is 1. The molecule has 2 aromatic heterocycles. The Morgan fingerprint density at radius 1 is 1.03 bits per heavy atom. The van der Waals surface area contributed by atoms with Gasteiger partial charge in [-0.05, 0) is 80.5 Å². The lowest BCUT2D eigenvalue weighted by molar-refractivity contribution is 0.238. The number of aromatic nitrogens is 3. The van der Waals surface area contributed by atoms with E-state index in [1.165, 1.54) is 39.1 Å². The van der Waals surface area contributed by atoms with Crippen LogP contribution < -0.4 is 14.8 Å². The minimum Gasteiger partial charge on any atom is -0.494 e. The largest absolute Gasteiger partial charge is 0.494 e. The molecule has 170 valence electrons. The molecule has 0 saturated carbocycles. The molecule has 7 nitrogen and oxygen atoms in total. The van der Waals surface area contributed by atoms with E-state index in [1.54, 1.807) is 16.6 Å². The first-order valence-corrected chi connectivity index (χ1v) is 11.1. The highest BCUT2D eigenvalue weighted by molar-refractivity contribution is 5.65. The van der Waals surface area contributed by atoms with E-state index in [1.807, 2.05) is 42.5 Å². The number of hydrogen-bond acceptors (Lipinski definition) is 6. The predicted molar refractivity (Wildman–Crippen MR) is 126 cm³/mol. The summed E-state index contributed by atoms with van der Waals surface area (Å²) in [4.78, 5) is 6.98. The molecule has 8 heteroatoms. The first kappa shape index (κ1) is 21.2. The highest BCUT2D eigenvalue weighted by Crippen LogP contribution is 2.27. The molecule has 0 amide bonds. The van der Waals surface area contributed by atoms with E-state index < -0.39 is 5.82 Å². The maximum atomic E-state index is 14.2. The second kappa shape index (κ2) is 9.46. The van der Waals surface area contributed by atoms with E-state index in [0.29, 0.717) is 23.8 Å². The van der Waals surface area contributed by atoms with Crippen LogP contribution in [0.4, 0.5) is 16.0 Å². The highest BCUT2D eigenvalue weighted by atomic mass is 19.1. The Bertz CT molecular complexity index is 1240. The Morgan fingerprint density at radius 2 is 1.85 bits per heavy atom. The minimum atomic E-state index is -0.423. The van der Waals surface area contributed by atoms with Gasteiger partial charge in [-0.25, -0.2) is 8.91 Å². The van der Waals surface area contributed by atoms with Gasteiger partial charge in [0.25, 0.3) is 0 Å². The number of nitrogens with one attached hydrogen (secondary N) is 1. The van der Waals surface area contributed by atoms with Crippen LogP contribution in [0.2, 0.25) is 0 Å². The van der Waals surface area contributed by atoms with Crippen LogP contribution in [0.1, 0.15) is 12.8 Å². The molecule has 4 aromatic rings. The maximum absolute atomic E-state index is 14.2. The van der Waals surface area contributed by atoms with Gasteiger partial charge in [0.05, 0.1) is 12.8 Å². The molecule has 5 rings (SSSR count). The van der Waals surface area contributed by atoms with Crippen LogP contribution in [0.15, 0.2) is 60.7 Å². The topological polar surface area (TPSA) is 63.9 Å². The quantitative estimate of drug-likeness (QED) is 0.420. The Labute approximate surface area is 191 Å². The molecule has 33 heavy (non-hydrogen) atoms. The zero-order valence-corrected chi connectivity index (χ0v) is 18.5. The second-order valence-corrected chi connectivity index (χ2v) is 8.01. The zero-order chi connectivity index (χ0) is 22.6. The van der Waals surface area contributed by atoms with E-state index >= 15 is 0 Å². The summed E-state index contributed by atoms with van der Waals surface area (Å²) in [6.07, 6.45) is 2.58. The van der Waals surface area contributed by atoms with Gasteiger partial charge in [-0.3, -0.25) is 4.90 Å². The van der Waals surface area contributed by atoms with Crippen molar-refractivity contribution in [1.82, 2.24) is 19.5 Å². The number of benzene rings is 2. The molecule has 0 atom stereocenters. The molecule has 0 radical (unpaired) electrons. The van der Waals surface area contributed by atoms with E-state index in [4.69, 9.17) is 9.47 Å². The second-order valence-electron chi connectivity index (χ2n) is 8.01. The van der Waals surface area contributed by atoms with E-state index in [0.717, 1.165) is 23.7 Å². The van der Waals surface area contributed by atoms with E-state index in [-0.39, 0.29) is 5.75 Å². The summed E-state index contributed by atoms with van der Waals surface area (Å²) in [5.41, 5.74) is 2.94. The van der Waals surface area contributed by atoms with Gasteiger partial charge in [-0.2, -0.15) is 4.98 Å². The van der Waals surface area contributed by atoms with Crippen LogP contribution in [0.5, 0.6) is 11.5 Å². The van der Waals surface area contributed by atoms with Crippen molar-refractivity contribution >= 4 is 17.3 Å². The fraction of sp³-hybridized carbons (Fsp3) is 0.280. The van der Waals surface area contributed by atoms with Gasteiger partial charge in [0, 0.05) is 17.8 Å². The molecule has 1 fully saturated rings. The summed E-state index contributed by atoms with van der Waals surface area (Å²) in [5, 5.41) is 7.81. The number of methoxy groups -OCH3 is 1. The molecule has 3 heterocycles. The molecule has 1 aliphatic heterocycles. The molecule has 0 spiro atoms. The summed E-state index contributed by atoms with van der Waals surface area (Å²) in [7, 11) is 1.45. The van der Waals surface area contributed by atoms with Gasteiger partial charge in [-0.1, -0.05) is 6.07 Å². The lowest BCUT2D eigenvalue weighted by atomic mass is 10.1. The van der Waals surface area contributed by atoms with Crippen LogP contribution >= 0.6 is 0 Å². The number of hydrogen-bond donors (Lipinski definition) is 1. The van der Waals surface area contributed by atoms with Crippen LogP contribution in [0.25, 0.3) is 16.9 Å². The SMILES string of the molecule is COc1ccc(-c2cccc3nc(Nc4ccc(OCCN5CCCC5)cc4)nn23)cc1F. The minimum absolute atomic E-state index is 0.204. The first-order chi connectivity index (χ1) is 16.2. The van der Waals surface area contributed by atoms with Crippen LogP contribution in [0, 0.1) is 5.82 Å². The lowest BCUT2D eigenvalue weighted by Gasteiger charge is -2.15. The molecule has 0 unspecified atom stereocenters. The third-order valence-electron chi connectivity index (χ3n) is 5.79. The number of rotatable bonds is 8. The zero-order valence-electron chi connectivity index (χ0n) is 18.5. The summed E-state index contributed by atoms with van der Waals surface area (Å²) in [6.45, 7) is 4.00. The molecule has 0 aliphatic carbocycles. The van der Waals surface area contributed by atoms with Crippen LogP contribution in [-0.2, 0) is 0 Å². The summed E-state index contributed by atoms with van der Waals surface area (Å²) in [6, 6.07) is 18.2. The van der Waals surface area contributed by atoms with Crippen molar-refractivity contribution in [1.29, 1.82) is 0 Å². The lowest BCUT2D eigenvalue weighted by Crippen LogP contribution is -2.25. The predicted octanol–water partition coefficient (Wildman–Crippen LogP) is 4.76. The average Bonchev–Trinajstić information content (AvgIpc) is 3.49. The van der Waals surface area contributed by atoms with Gasteiger partial charge < -0.3 is 14.8 Å². The third kappa shape index (κ3) is 4.75. The van der Waals surface area contributed by atoms with Crippen molar-refractivity contribution in [2.45, 2.75) is 12.8 Å². The molecule has 1 saturated heterocycles. The van der Waals surface area contributed by atoms with Crippen molar-refractivity contribution in [2.75, 3.05) is 38.7 Å². The molecule has 2 aromatic carbocycles. The van der Waals surface area contributed by atoms with E-state index in [2.05, 4.69) is 20.3 Å². The van der Waals surface area contributed by atoms with Crippen molar-refractivity contribution in [2.24, 2.45) is 0 Å². The molecule has 1 N–H and O–H groups in total. The number of pyridine rings is 1. The number of anilines is 2. The Kier molecular flexibility index (Phi) is 6.08. The van der Waals surface area contributed by atoms with Gasteiger partial charge in [0.2, 0.25) is 5.95 Å². The van der Waals surface area contributed by atoms with Crippen molar-refractivity contribution in [3.05, 3.63) is 66.5 Å². The highest BCUT2D eigenvalue weighted by Gasteiger charge is 2.12. The van der Waals surface area contributed by atoms with Gasteiger partial charge >= 0.3 is 0 Å². The van der Waals surface area contributed by atoms with Gasteiger partial charge in [0.1, 0.15) is 12.4 Å². The smallest absolute Gasteiger partial charge is 0.247 e. The van der Waals surface area contributed by atoms with Crippen molar-refractivity contribution in [3.63, 3.8) is 0 Å². The number of ether oxygens (including phenoxy) is 2. The standard InChI is InChI=1S/C25H26FN5O2/c1-32-23-12-7-18(17-21(23)26)22-5-4-6-24-28-25(29-31(22)24)27-19-8-10-20(11-9-19)33-16-15-30-13-2-3-14-30/h4-12,17H,2-3,13-16H2,1H3,(H,27,29). The fourth-order valence-corrected chi connectivity index (χ4v) is 4.06. The molecule has 0 bridgehead atoms. The summed E-state index contributed by atoms with van der Waals surface area (Å²) in [5.74, 6) is 1.08. The Balaban J connectivity index is 1.28. The summed E-state index contributed by atoms with van der Waals surface area (Å²) >= 11 is 0. The molecular weight excluding hydrogens is 421 g/mol. The molecular formula is C25H26FN5O2. The van der Waals surface area contributed by atoms with Crippen LogP contribution in [0.3, 0.4) is 0 Å². The monoisotopic (exact) mass is 447 g/mol. The normalized spacial score (nSPS) is 14.0. The number of fused-ring (bicyclic) bond motifs is 1. The van der Waals surface area contributed by atoms with Gasteiger partial charge in [0.15, 0.2) is 17.2 Å². The first-order valence-electron chi connectivity index (χ1n) is 11.1. The Morgan fingerprint density at radius 3 is 2.61 bits per heavy atom. The Hall–Kier alpha value is -3.65. The number of nitrogens with zero attached hydrogens (tertiary/aromatic N) is 4. The van der Waals surface area contributed by atoms with Gasteiger partial charge in [-0.15, -0.1) is 5.10 Å². The van der Waals surface area contributed by atoms with Crippen LogP contribution in [-0.4, -0.2) is 52.8 Å².